The third kappa shape index (κ3) is 3.46. The van der Waals surface area contributed by atoms with Crippen LogP contribution in [0.5, 0.6) is 0 Å². The fourth-order valence-corrected chi connectivity index (χ4v) is 5.34. The maximum atomic E-state index is 12.8. The van der Waals surface area contributed by atoms with Crippen LogP contribution in [0.4, 0.5) is 10.5 Å². The summed E-state index contributed by atoms with van der Waals surface area (Å²) in [4.78, 5) is 27.1. The van der Waals surface area contributed by atoms with Gasteiger partial charge in [-0.05, 0) is 69.5 Å². The van der Waals surface area contributed by atoms with E-state index in [1.165, 1.54) is 0 Å². The minimum Gasteiger partial charge on any atom is -0.479 e. The quantitative estimate of drug-likeness (QED) is 0.503. The molecule has 1 N–H and O–H groups in total. The van der Waals surface area contributed by atoms with E-state index < -0.39 is 23.8 Å². The number of carbonyl (C=O) groups excluding carboxylic acids is 1. The first-order valence-corrected chi connectivity index (χ1v) is 11.6. The number of anilines is 1. The molecular weight excluding hydrogens is 456 g/mol. The van der Waals surface area contributed by atoms with E-state index in [0.717, 1.165) is 27.7 Å². The van der Waals surface area contributed by atoms with Crippen LogP contribution in [-0.4, -0.2) is 40.0 Å². The third-order valence-electron chi connectivity index (χ3n) is 6.51. The highest BCUT2D eigenvalue weighted by molar-refractivity contribution is 6.30. The number of nitrogens with zero attached hydrogens (tertiary/aromatic N) is 2. The molecule has 2 aliphatic rings. The lowest BCUT2D eigenvalue weighted by molar-refractivity contribution is -0.160. The van der Waals surface area contributed by atoms with E-state index >= 15 is 0 Å². The van der Waals surface area contributed by atoms with Crippen LogP contribution in [0.15, 0.2) is 30.3 Å². The lowest BCUT2D eigenvalue weighted by Gasteiger charge is -2.34. The monoisotopic (exact) mass is 482 g/mol. The number of aliphatic carboxylic acids is 1. The molecule has 0 saturated carbocycles. The van der Waals surface area contributed by atoms with Gasteiger partial charge in [-0.3, -0.25) is 4.90 Å². The van der Waals surface area contributed by atoms with Gasteiger partial charge in [-0.25, -0.2) is 9.59 Å². The number of hydrogen-bond donors (Lipinski definition) is 1. The minimum atomic E-state index is -1.24. The van der Waals surface area contributed by atoms with Crippen LogP contribution in [0.2, 0.25) is 5.02 Å². The van der Waals surface area contributed by atoms with Crippen molar-refractivity contribution in [3.8, 4) is 11.1 Å². The van der Waals surface area contributed by atoms with E-state index in [0.29, 0.717) is 35.0 Å². The van der Waals surface area contributed by atoms with Crippen molar-refractivity contribution in [3.05, 3.63) is 52.2 Å². The van der Waals surface area contributed by atoms with Gasteiger partial charge in [0.1, 0.15) is 6.61 Å². The summed E-state index contributed by atoms with van der Waals surface area (Å²) in [5.74, 6) is -1.09. The van der Waals surface area contributed by atoms with E-state index in [2.05, 4.69) is 10.6 Å². The SMILES string of the molecule is Cc1c(C(OC(C)(C)C)C(=O)O)c(-c2ccc(Cl)cc2)c2cc(C)n3c2c1N1C(=O)OC[C@H]1C3. The molecule has 1 unspecified atom stereocenters. The van der Waals surface area contributed by atoms with E-state index in [-0.39, 0.29) is 6.04 Å². The average molecular weight is 483 g/mol. The summed E-state index contributed by atoms with van der Waals surface area (Å²) in [7, 11) is 0. The Labute approximate surface area is 202 Å². The Morgan fingerprint density at radius 3 is 2.53 bits per heavy atom. The minimum absolute atomic E-state index is 0.144. The van der Waals surface area contributed by atoms with E-state index in [4.69, 9.17) is 21.1 Å². The number of ether oxygens (including phenoxy) is 2. The highest BCUT2D eigenvalue weighted by Crippen LogP contribution is 2.49. The fraction of sp³-hybridized carbons (Fsp3) is 0.385. The Balaban J connectivity index is 1.92. The molecule has 1 amide bonds. The summed E-state index contributed by atoms with van der Waals surface area (Å²) in [6.07, 6.45) is -1.65. The van der Waals surface area contributed by atoms with Crippen molar-refractivity contribution in [3.63, 3.8) is 0 Å². The smallest absolute Gasteiger partial charge is 0.414 e. The Kier molecular flexibility index (Phi) is 5.18. The van der Waals surface area contributed by atoms with Crippen LogP contribution >= 0.6 is 11.6 Å². The van der Waals surface area contributed by atoms with Crippen molar-refractivity contribution in [2.75, 3.05) is 11.5 Å². The third-order valence-corrected chi connectivity index (χ3v) is 6.76. The first kappa shape index (κ1) is 22.7. The number of hydrogen-bond acceptors (Lipinski definition) is 4. The summed E-state index contributed by atoms with van der Waals surface area (Å²) in [6.45, 7) is 10.3. The lowest BCUT2D eigenvalue weighted by atomic mass is 9.87. The molecular formula is C26H27ClN2O5. The number of halogens is 1. The van der Waals surface area contributed by atoms with Gasteiger partial charge in [0.05, 0.1) is 22.8 Å². The van der Waals surface area contributed by atoms with E-state index in [1.807, 2.05) is 46.8 Å². The molecule has 5 rings (SSSR count). The van der Waals surface area contributed by atoms with Gasteiger partial charge in [0, 0.05) is 28.2 Å². The second kappa shape index (κ2) is 7.75. The molecule has 1 fully saturated rings. The average Bonchev–Trinajstić information content (AvgIpc) is 3.29. The predicted molar refractivity (Wildman–Crippen MR) is 131 cm³/mol. The summed E-state index contributed by atoms with van der Waals surface area (Å²) in [5.41, 5.74) is 4.75. The van der Waals surface area contributed by atoms with Crippen LogP contribution in [0, 0.1) is 13.8 Å². The van der Waals surface area contributed by atoms with Gasteiger partial charge < -0.3 is 19.1 Å². The Morgan fingerprint density at radius 2 is 1.91 bits per heavy atom. The van der Waals surface area contributed by atoms with Crippen LogP contribution in [-0.2, 0) is 20.8 Å². The zero-order valence-corrected chi connectivity index (χ0v) is 20.6. The molecule has 34 heavy (non-hydrogen) atoms. The van der Waals surface area contributed by atoms with Crippen molar-refractivity contribution in [2.24, 2.45) is 0 Å². The Morgan fingerprint density at radius 1 is 1.24 bits per heavy atom. The number of aryl methyl sites for hydroxylation is 1. The molecule has 178 valence electrons. The molecule has 0 aliphatic carbocycles. The maximum Gasteiger partial charge on any atom is 0.414 e. The number of benzene rings is 2. The van der Waals surface area contributed by atoms with Gasteiger partial charge in [0.2, 0.25) is 0 Å². The van der Waals surface area contributed by atoms with Crippen molar-refractivity contribution < 1.29 is 24.2 Å². The summed E-state index contributed by atoms with van der Waals surface area (Å²) in [5, 5.41) is 11.8. The first-order chi connectivity index (χ1) is 16.0. The standard InChI is InChI=1S/C26H27ClN2O5/c1-13-10-18-20(15-6-8-16(27)9-7-15)19(23(24(30)31)34-26(3,4)5)14(2)21-22(18)28(13)11-17-12-33-25(32)29(17)21/h6-10,17,23H,11-12H2,1-5H3,(H,30,31)/t17-,23?/m1/s1. The number of amides is 1. The van der Waals surface area contributed by atoms with E-state index in [9.17, 15) is 14.7 Å². The predicted octanol–water partition coefficient (Wildman–Crippen LogP) is 5.86. The molecule has 3 heterocycles. The largest absolute Gasteiger partial charge is 0.479 e. The number of carbonyl (C=O) groups is 2. The molecule has 0 bridgehead atoms. The van der Waals surface area contributed by atoms with Gasteiger partial charge in [0.25, 0.3) is 0 Å². The summed E-state index contributed by atoms with van der Waals surface area (Å²) >= 11 is 6.17. The van der Waals surface area contributed by atoms with Gasteiger partial charge in [0.15, 0.2) is 6.10 Å². The van der Waals surface area contributed by atoms with Gasteiger partial charge >= 0.3 is 12.1 Å². The van der Waals surface area contributed by atoms with Crippen LogP contribution < -0.4 is 4.90 Å². The highest BCUT2D eigenvalue weighted by Gasteiger charge is 2.43. The van der Waals surface area contributed by atoms with Crippen molar-refractivity contribution in [1.82, 2.24) is 4.57 Å². The van der Waals surface area contributed by atoms with Gasteiger partial charge in [-0.2, -0.15) is 0 Å². The molecule has 2 aliphatic heterocycles. The maximum absolute atomic E-state index is 12.8. The highest BCUT2D eigenvalue weighted by atomic mass is 35.5. The molecule has 0 radical (unpaired) electrons. The molecule has 1 aromatic heterocycles. The second-order valence-electron chi connectivity index (χ2n) is 9.98. The number of aromatic nitrogens is 1. The van der Waals surface area contributed by atoms with E-state index in [1.54, 1.807) is 17.0 Å². The Hall–Kier alpha value is -3.03. The van der Waals surface area contributed by atoms with Crippen molar-refractivity contribution >= 4 is 40.3 Å². The van der Waals surface area contributed by atoms with Crippen LogP contribution in [0.3, 0.4) is 0 Å². The molecule has 7 nitrogen and oxygen atoms in total. The topological polar surface area (TPSA) is 81.0 Å². The lowest BCUT2D eigenvalue weighted by Crippen LogP contribution is -2.41. The zero-order valence-electron chi connectivity index (χ0n) is 19.8. The molecule has 2 aromatic carbocycles. The normalized spacial score (nSPS) is 18.2. The van der Waals surface area contributed by atoms with Crippen LogP contribution in [0.25, 0.3) is 22.0 Å². The van der Waals surface area contributed by atoms with Gasteiger partial charge in [-0.15, -0.1) is 0 Å². The number of cyclic esters (lactones) is 1. The van der Waals surface area contributed by atoms with Crippen molar-refractivity contribution in [1.29, 1.82) is 0 Å². The fourth-order valence-electron chi connectivity index (χ4n) is 5.21. The Bertz CT molecular complexity index is 1340. The summed E-state index contributed by atoms with van der Waals surface area (Å²) in [6, 6.07) is 9.28. The summed E-state index contributed by atoms with van der Waals surface area (Å²) < 4.78 is 13.7. The number of carboxylic acid groups (broad SMARTS) is 1. The van der Waals surface area contributed by atoms with Crippen LogP contribution in [0.1, 0.15) is 43.7 Å². The zero-order chi connectivity index (χ0) is 24.5. The molecule has 3 aromatic rings. The van der Waals surface area contributed by atoms with Gasteiger partial charge in [-0.1, -0.05) is 23.7 Å². The molecule has 1 saturated heterocycles. The number of carboxylic acids is 1. The molecule has 0 spiro atoms. The molecule has 8 heteroatoms. The number of fused-ring (bicyclic) bond motifs is 2. The van der Waals surface area contributed by atoms with Crippen molar-refractivity contribution in [2.45, 2.75) is 58.9 Å². The number of rotatable bonds is 4. The first-order valence-electron chi connectivity index (χ1n) is 11.3. The molecule has 2 atom stereocenters. The second-order valence-corrected chi connectivity index (χ2v) is 10.4.